The van der Waals surface area contributed by atoms with Crippen molar-refractivity contribution in [1.29, 1.82) is 0 Å². The van der Waals surface area contributed by atoms with Gasteiger partial charge in [0.1, 0.15) is 6.61 Å². The molecule has 2 aliphatic rings. The van der Waals surface area contributed by atoms with Gasteiger partial charge >= 0.3 is 6.03 Å². The number of hydrogen-bond acceptors (Lipinski definition) is 6. The van der Waals surface area contributed by atoms with Gasteiger partial charge in [0.15, 0.2) is 22.5 Å². The normalized spacial score (nSPS) is 22.9. The van der Waals surface area contributed by atoms with Gasteiger partial charge in [-0.2, -0.15) is 0 Å². The number of fused-ring (bicyclic) bond motifs is 2. The van der Waals surface area contributed by atoms with Crippen molar-refractivity contribution in [3.63, 3.8) is 0 Å². The van der Waals surface area contributed by atoms with Gasteiger partial charge in [-0.05, 0) is 69.9 Å². The summed E-state index contributed by atoms with van der Waals surface area (Å²) in [7, 11) is 0. The molecule has 0 spiro atoms. The summed E-state index contributed by atoms with van der Waals surface area (Å²) in [6.07, 6.45) is 5.00. The van der Waals surface area contributed by atoms with E-state index in [0.29, 0.717) is 29.4 Å². The number of nitrogens with zero attached hydrogens (tertiary/aromatic N) is 3. The van der Waals surface area contributed by atoms with E-state index in [4.69, 9.17) is 4.74 Å². The van der Waals surface area contributed by atoms with E-state index in [0.717, 1.165) is 5.92 Å². The molecule has 1 aromatic carbocycles. The molecule has 2 saturated carbocycles. The minimum Gasteiger partial charge on any atom is -0.483 e. The monoisotopic (exact) mass is 489 g/mol. The Labute approximate surface area is 203 Å². The van der Waals surface area contributed by atoms with Crippen molar-refractivity contribution in [2.45, 2.75) is 69.5 Å². The van der Waals surface area contributed by atoms with Crippen LogP contribution >= 0.6 is 11.8 Å². The summed E-state index contributed by atoms with van der Waals surface area (Å²) >= 11 is 1.26. The predicted molar refractivity (Wildman–Crippen MR) is 127 cm³/mol. The fourth-order valence-electron chi connectivity index (χ4n) is 5.31. The molecule has 2 N–H and O–H groups in total. The Morgan fingerprint density at radius 1 is 1.24 bits per heavy atom. The predicted octanol–water partition coefficient (Wildman–Crippen LogP) is 4.32. The number of aromatic nitrogens is 3. The zero-order chi connectivity index (χ0) is 24.2. The highest BCUT2D eigenvalue weighted by Crippen LogP contribution is 2.52. The molecular weight excluding hydrogens is 457 g/mol. The highest BCUT2D eigenvalue weighted by Gasteiger charge is 2.43. The third kappa shape index (κ3) is 5.37. The Balaban J connectivity index is 1.54. The molecule has 1 aromatic heterocycles. The molecule has 184 valence electrons. The van der Waals surface area contributed by atoms with E-state index < -0.39 is 23.0 Å². The number of carbonyl (C=O) groups excluding carboxylic acids is 2. The van der Waals surface area contributed by atoms with Gasteiger partial charge in [0, 0.05) is 12.6 Å². The molecule has 4 rings (SSSR count). The maximum atomic E-state index is 14.1. The van der Waals surface area contributed by atoms with Crippen LogP contribution in [0.1, 0.15) is 58.3 Å². The number of urea groups is 1. The molecular formula is C24H32FN5O3S. The lowest BCUT2D eigenvalue weighted by Crippen LogP contribution is -2.42. The second-order valence-electron chi connectivity index (χ2n) is 9.18. The summed E-state index contributed by atoms with van der Waals surface area (Å²) in [4.78, 5) is 24.3. The van der Waals surface area contributed by atoms with Gasteiger partial charge in [-0.3, -0.25) is 14.7 Å². The van der Waals surface area contributed by atoms with Crippen LogP contribution in [-0.2, 0) is 11.4 Å². The number of imide groups is 1. The molecule has 1 heterocycles. The minimum absolute atomic E-state index is 0.0686. The zero-order valence-corrected chi connectivity index (χ0v) is 20.6. The zero-order valence-electron chi connectivity index (χ0n) is 19.8. The summed E-state index contributed by atoms with van der Waals surface area (Å²) in [5.74, 6) is 1.89. The maximum Gasteiger partial charge on any atom is 0.321 e. The second kappa shape index (κ2) is 10.8. The lowest BCUT2D eigenvalue weighted by Gasteiger charge is -2.30. The van der Waals surface area contributed by atoms with Crippen LogP contribution in [0.5, 0.6) is 5.75 Å². The molecule has 3 amide bonds. The molecule has 5 atom stereocenters. The van der Waals surface area contributed by atoms with E-state index in [2.05, 4.69) is 27.8 Å². The standard InChI is InChI=1S/C24H32FN5O3S/c1-4-26-23(32)27-22(31)15(3)34-24-29-28-21(13-33-20-8-6-5-7-19(20)25)30(24)14(2)18-12-16-9-10-17(18)11-16/h5-8,14-18H,4,9-13H2,1-3H3,(H2,26,27,31,32)/t14-,15+,16+,17+,18-/m0/s1. The van der Waals surface area contributed by atoms with Crippen molar-refractivity contribution in [2.75, 3.05) is 6.54 Å². The highest BCUT2D eigenvalue weighted by molar-refractivity contribution is 8.00. The van der Waals surface area contributed by atoms with Crippen LogP contribution < -0.4 is 15.4 Å². The summed E-state index contributed by atoms with van der Waals surface area (Å²) in [6, 6.07) is 5.87. The number of amides is 3. The fraction of sp³-hybridized carbons (Fsp3) is 0.583. The van der Waals surface area contributed by atoms with Crippen molar-refractivity contribution in [3.8, 4) is 5.75 Å². The number of rotatable bonds is 9. The first-order valence-corrected chi connectivity index (χ1v) is 12.8. The molecule has 2 bridgehead atoms. The number of halogens is 1. The second-order valence-corrected chi connectivity index (χ2v) is 10.5. The van der Waals surface area contributed by atoms with Gasteiger partial charge in [-0.1, -0.05) is 30.3 Å². The minimum atomic E-state index is -0.557. The maximum absolute atomic E-state index is 14.1. The van der Waals surface area contributed by atoms with Gasteiger partial charge in [0.05, 0.1) is 5.25 Å². The van der Waals surface area contributed by atoms with E-state index in [1.807, 2.05) is 4.57 Å². The Morgan fingerprint density at radius 2 is 2.03 bits per heavy atom. The first kappa shape index (κ1) is 24.5. The lowest BCUT2D eigenvalue weighted by molar-refractivity contribution is -0.119. The number of para-hydroxylation sites is 1. The molecule has 0 aliphatic heterocycles. The summed E-state index contributed by atoms with van der Waals surface area (Å²) in [5, 5.41) is 13.7. The van der Waals surface area contributed by atoms with Crippen LogP contribution in [0.15, 0.2) is 29.4 Å². The highest BCUT2D eigenvalue weighted by atomic mass is 32.2. The summed E-state index contributed by atoms with van der Waals surface area (Å²) in [6.45, 7) is 6.19. The van der Waals surface area contributed by atoms with Crippen LogP contribution in [0, 0.1) is 23.6 Å². The van der Waals surface area contributed by atoms with Crippen LogP contribution in [0.3, 0.4) is 0 Å². The lowest BCUT2D eigenvalue weighted by atomic mass is 9.84. The molecule has 0 saturated heterocycles. The largest absolute Gasteiger partial charge is 0.483 e. The molecule has 0 radical (unpaired) electrons. The molecule has 0 unspecified atom stereocenters. The molecule has 2 aromatic rings. The summed E-state index contributed by atoms with van der Waals surface area (Å²) in [5.41, 5.74) is 0. The topological polar surface area (TPSA) is 98.1 Å². The molecule has 2 fully saturated rings. The number of ether oxygens (including phenoxy) is 1. The number of thioether (sulfide) groups is 1. The van der Waals surface area contributed by atoms with E-state index in [-0.39, 0.29) is 18.4 Å². The summed E-state index contributed by atoms with van der Waals surface area (Å²) < 4.78 is 21.9. The van der Waals surface area contributed by atoms with Crippen molar-refractivity contribution in [1.82, 2.24) is 25.4 Å². The van der Waals surface area contributed by atoms with Crippen molar-refractivity contribution < 1.29 is 18.7 Å². The fourth-order valence-corrected chi connectivity index (χ4v) is 6.26. The molecule has 10 heteroatoms. The van der Waals surface area contributed by atoms with Gasteiger partial charge in [0.2, 0.25) is 5.91 Å². The number of carbonyl (C=O) groups is 2. The van der Waals surface area contributed by atoms with E-state index in [1.54, 1.807) is 32.0 Å². The van der Waals surface area contributed by atoms with Gasteiger partial charge in [0.25, 0.3) is 0 Å². The number of nitrogens with one attached hydrogen (secondary N) is 2. The van der Waals surface area contributed by atoms with E-state index in [1.165, 1.54) is 43.5 Å². The Hall–Kier alpha value is -2.62. The van der Waals surface area contributed by atoms with E-state index in [9.17, 15) is 14.0 Å². The van der Waals surface area contributed by atoms with Crippen molar-refractivity contribution >= 4 is 23.7 Å². The van der Waals surface area contributed by atoms with Crippen LogP contribution in [0.4, 0.5) is 9.18 Å². The molecule has 2 aliphatic carbocycles. The molecule has 34 heavy (non-hydrogen) atoms. The SMILES string of the molecule is CCNC(=O)NC(=O)[C@@H](C)Sc1nnc(COc2ccccc2F)n1[C@@H](C)[C@@H]1C[C@@H]2CC[C@@H]1C2. The van der Waals surface area contributed by atoms with Crippen molar-refractivity contribution in [2.24, 2.45) is 17.8 Å². The van der Waals surface area contributed by atoms with Gasteiger partial charge < -0.3 is 10.1 Å². The average molecular weight is 490 g/mol. The van der Waals surface area contributed by atoms with Crippen LogP contribution in [0.25, 0.3) is 0 Å². The number of hydrogen-bond donors (Lipinski definition) is 2. The van der Waals surface area contributed by atoms with Crippen molar-refractivity contribution in [3.05, 3.63) is 35.9 Å². The van der Waals surface area contributed by atoms with Gasteiger partial charge in [-0.15, -0.1) is 10.2 Å². The van der Waals surface area contributed by atoms with Crippen LogP contribution in [0.2, 0.25) is 0 Å². The van der Waals surface area contributed by atoms with Gasteiger partial charge in [-0.25, -0.2) is 9.18 Å². The Kier molecular flexibility index (Phi) is 7.75. The quantitative estimate of drug-likeness (QED) is 0.509. The average Bonchev–Trinajstić information content (AvgIpc) is 3.54. The number of benzene rings is 1. The first-order valence-electron chi connectivity index (χ1n) is 11.9. The third-order valence-corrected chi connectivity index (χ3v) is 8.03. The Morgan fingerprint density at radius 3 is 2.71 bits per heavy atom. The molecule has 8 nitrogen and oxygen atoms in total. The van der Waals surface area contributed by atoms with E-state index >= 15 is 0 Å². The Bertz CT molecular complexity index is 1030. The third-order valence-electron chi connectivity index (χ3n) is 6.97. The smallest absolute Gasteiger partial charge is 0.321 e. The van der Waals surface area contributed by atoms with Crippen LogP contribution in [-0.4, -0.2) is 38.5 Å². The first-order chi connectivity index (χ1) is 16.4.